The minimum absolute atomic E-state index is 0.167. The van der Waals surface area contributed by atoms with Gasteiger partial charge in [0.15, 0.2) is 0 Å². The number of sulfonamides is 1. The molecule has 0 aromatic carbocycles. The lowest BCUT2D eigenvalue weighted by Gasteiger charge is -2.25. The minimum atomic E-state index is -3.56. The van der Waals surface area contributed by atoms with Gasteiger partial charge in [0.1, 0.15) is 4.21 Å². The van der Waals surface area contributed by atoms with E-state index in [1.54, 1.807) is 12.1 Å². The van der Waals surface area contributed by atoms with Crippen molar-refractivity contribution in [2.45, 2.75) is 62.6 Å². The standard InChI is InChI=1S/C15H26BrNO3S2/c1-3-5-6-7-8-12(4-2)13(11-18)17-22(19,20)15-10-9-14(16)21-15/h9-10,12-13,17-18H,3-8,11H2,1-2H3/t12-,13-/m1/s1. The number of aliphatic hydroxyl groups is 1. The Hall–Kier alpha value is 0.0500. The lowest BCUT2D eigenvalue weighted by molar-refractivity contribution is 0.203. The molecule has 0 radical (unpaired) electrons. The van der Waals surface area contributed by atoms with Gasteiger partial charge in [0.2, 0.25) is 10.0 Å². The normalized spacial score (nSPS) is 14.9. The first-order valence-electron chi connectivity index (χ1n) is 7.83. The van der Waals surface area contributed by atoms with E-state index in [-0.39, 0.29) is 16.7 Å². The Bertz CT molecular complexity index is 531. The van der Waals surface area contributed by atoms with Crippen LogP contribution in [0.4, 0.5) is 0 Å². The molecule has 1 heterocycles. The molecule has 0 bridgehead atoms. The van der Waals surface area contributed by atoms with Gasteiger partial charge in [-0.25, -0.2) is 13.1 Å². The Morgan fingerprint density at radius 2 is 2.00 bits per heavy atom. The molecule has 0 spiro atoms. The van der Waals surface area contributed by atoms with Crippen LogP contribution in [-0.4, -0.2) is 26.2 Å². The second kappa shape index (κ2) is 10.0. The van der Waals surface area contributed by atoms with Crippen LogP contribution in [0.5, 0.6) is 0 Å². The van der Waals surface area contributed by atoms with E-state index in [9.17, 15) is 13.5 Å². The van der Waals surface area contributed by atoms with E-state index < -0.39 is 16.1 Å². The van der Waals surface area contributed by atoms with Crippen molar-refractivity contribution >= 4 is 37.3 Å². The summed E-state index contributed by atoms with van der Waals surface area (Å²) in [5.74, 6) is 0.167. The summed E-state index contributed by atoms with van der Waals surface area (Å²) in [6, 6.07) is 2.88. The largest absolute Gasteiger partial charge is 0.395 e. The van der Waals surface area contributed by atoms with Crippen LogP contribution in [0.25, 0.3) is 0 Å². The molecule has 0 unspecified atom stereocenters. The predicted octanol–water partition coefficient (Wildman–Crippen LogP) is 4.15. The summed E-state index contributed by atoms with van der Waals surface area (Å²) in [5.41, 5.74) is 0. The SMILES string of the molecule is CCCCCC[C@@H](CC)[C@@H](CO)NS(=O)(=O)c1ccc(Br)s1. The van der Waals surface area contributed by atoms with E-state index in [2.05, 4.69) is 27.6 Å². The highest BCUT2D eigenvalue weighted by Gasteiger charge is 2.26. The van der Waals surface area contributed by atoms with Crippen LogP contribution in [-0.2, 0) is 10.0 Å². The third-order valence-corrected chi connectivity index (χ3v) is 7.44. The molecule has 4 nitrogen and oxygen atoms in total. The van der Waals surface area contributed by atoms with Gasteiger partial charge in [0.25, 0.3) is 0 Å². The van der Waals surface area contributed by atoms with Crippen LogP contribution in [0.15, 0.2) is 20.1 Å². The number of aliphatic hydroxyl groups excluding tert-OH is 1. The zero-order chi connectivity index (χ0) is 16.6. The van der Waals surface area contributed by atoms with Crippen LogP contribution in [0.2, 0.25) is 0 Å². The van der Waals surface area contributed by atoms with Crippen molar-refractivity contribution in [1.29, 1.82) is 0 Å². The molecule has 7 heteroatoms. The molecule has 2 N–H and O–H groups in total. The van der Waals surface area contributed by atoms with Crippen LogP contribution in [0.3, 0.4) is 0 Å². The molecule has 1 aromatic heterocycles. The van der Waals surface area contributed by atoms with Gasteiger partial charge >= 0.3 is 0 Å². The number of hydrogen-bond acceptors (Lipinski definition) is 4. The van der Waals surface area contributed by atoms with Crippen molar-refractivity contribution < 1.29 is 13.5 Å². The molecule has 22 heavy (non-hydrogen) atoms. The van der Waals surface area contributed by atoms with Crippen LogP contribution >= 0.6 is 27.3 Å². The van der Waals surface area contributed by atoms with E-state index in [0.29, 0.717) is 0 Å². The molecular formula is C15H26BrNO3S2. The van der Waals surface area contributed by atoms with Crippen molar-refractivity contribution in [3.8, 4) is 0 Å². The topological polar surface area (TPSA) is 66.4 Å². The second-order valence-electron chi connectivity index (χ2n) is 5.49. The monoisotopic (exact) mass is 411 g/mol. The highest BCUT2D eigenvalue weighted by atomic mass is 79.9. The van der Waals surface area contributed by atoms with Gasteiger partial charge in [0, 0.05) is 6.04 Å². The highest BCUT2D eigenvalue weighted by Crippen LogP contribution is 2.27. The van der Waals surface area contributed by atoms with Gasteiger partial charge in [-0.2, -0.15) is 0 Å². The van der Waals surface area contributed by atoms with Crippen molar-refractivity contribution in [3.05, 3.63) is 15.9 Å². The Labute approximate surface area is 146 Å². The van der Waals surface area contributed by atoms with Gasteiger partial charge in [-0.15, -0.1) is 11.3 Å². The summed E-state index contributed by atoms with van der Waals surface area (Å²) in [6.07, 6.45) is 6.42. The minimum Gasteiger partial charge on any atom is -0.395 e. The van der Waals surface area contributed by atoms with E-state index in [4.69, 9.17) is 0 Å². The van der Waals surface area contributed by atoms with Gasteiger partial charge in [-0.1, -0.05) is 46.0 Å². The third-order valence-electron chi connectivity index (χ3n) is 3.84. The maximum atomic E-state index is 12.4. The molecule has 1 rings (SSSR count). The Balaban J connectivity index is 2.68. The average molecular weight is 412 g/mol. The first-order chi connectivity index (χ1) is 10.4. The number of nitrogens with one attached hydrogen (secondary N) is 1. The summed E-state index contributed by atoms with van der Waals surface area (Å²) >= 11 is 4.45. The second-order valence-corrected chi connectivity index (χ2v) is 9.89. The average Bonchev–Trinajstić information content (AvgIpc) is 2.93. The highest BCUT2D eigenvalue weighted by molar-refractivity contribution is 9.11. The van der Waals surface area contributed by atoms with Crippen molar-refractivity contribution in [2.24, 2.45) is 5.92 Å². The number of unbranched alkanes of at least 4 members (excludes halogenated alkanes) is 3. The molecule has 2 atom stereocenters. The fraction of sp³-hybridized carbons (Fsp3) is 0.733. The van der Waals surface area contributed by atoms with Crippen LogP contribution in [0, 0.1) is 5.92 Å². The summed E-state index contributed by atoms with van der Waals surface area (Å²) in [5, 5.41) is 9.61. The van der Waals surface area contributed by atoms with Gasteiger partial charge in [0.05, 0.1) is 10.4 Å². The Morgan fingerprint density at radius 1 is 1.27 bits per heavy atom. The summed E-state index contributed by atoms with van der Waals surface area (Å²) < 4.78 is 28.5. The van der Waals surface area contributed by atoms with Gasteiger partial charge in [-0.3, -0.25) is 0 Å². The molecular weight excluding hydrogens is 386 g/mol. The number of thiophene rings is 1. The van der Waals surface area contributed by atoms with Crippen molar-refractivity contribution in [2.75, 3.05) is 6.61 Å². The van der Waals surface area contributed by atoms with Crippen LogP contribution in [0.1, 0.15) is 52.4 Å². The molecule has 128 valence electrons. The maximum Gasteiger partial charge on any atom is 0.250 e. The zero-order valence-electron chi connectivity index (χ0n) is 13.2. The first-order valence-corrected chi connectivity index (χ1v) is 10.9. The molecule has 0 aliphatic carbocycles. The summed E-state index contributed by atoms with van der Waals surface area (Å²) in [4.78, 5) is 0. The number of halogens is 1. The van der Waals surface area contributed by atoms with E-state index in [1.807, 2.05) is 6.92 Å². The van der Waals surface area contributed by atoms with Gasteiger partial charge < -0.3 is 5.11 Å². The number of rotatable bonds is 11. The maximum absolute atomic E-state index is 12.4. The van der Waals surface area contributed by atoms with Crippen LogP contribution < -0.4 is 4.72 Å². The van der Waals surface area contributed by atoms with E-state index >= 15 is 0 Å². The third kappa shape index (κ3) is 6.28. The summed E-state index contributed by atoms with van der Waals surface area (Å²) in [6.45, 7) is 4.04. The first kappa shape index (κ1) is 20.1. The predicted molar refractivity (Wildman–Crippen MR) is 95.8 cm³/mol. The molecule has 0 fully saturated rings. The van der Waals surface area contributed by atoms with Crippen molar-refractivity contribution in [1.82, 2.24) is 4.72 Å². The lowest BCUT2D eigenvalue weighted by Crippen LogP contribution is -2.42. The molecule has 0 amide bonds. The molecule has 0 aliphatic heterocycles. The molecule has 1 aromatic rings. The smallest absolute Gasteiger partial charge is 0.250 e. The van der Waals surface area contributed by atoms with E-state index in [0.717, 1.165) is 29.5 Å². The van der Waals surface area contributed by atoms with E-state index in [1.165, 1.54) is 24.2 Å². The quantitative estimate of drug-likeness (QED) is 0.537. The fourth-order valence-corrected chi connectivity index (χ4v) is 5.83. The summed E-state index contributed by atoms with van der Waals surface area (Å²) in [7, 11) is -3.56. The number of hydrogen-bond donors (Lipinski definition) is 2. The lowest BCUT2D eigenvalue weighted by atomic mass is 9.92. The van der Waals surface area contributed by atoms with Crippen molar-refractivity contribution in [3.63, 3.8) is 0 Å². The zero-order valence-corrected chi connectivity index (χ0v) is 16.4. The molecule has 0 saturated carbocycles. The Morgan fingerprint density at radius 3 is 2.50 bits per heavy atom. The Kier molecular flexibility index (Phi) is 9.16. The van der Waals surface area contributed by atoms with Gasteiger partial charge in [-0.05, 0) is 40.4 Å². The molecule has 0 saturated heterocycles. The molecule has 0 aliphatic rings. The fourth-order valence-electron chi connectivity index (χ4n) is 2.51.